The van der Waals surface area contributed by atoms with Crippen LogP contribution >= 0.6 is 11.3 Å². The summed E-state index contributed by atoms with van der Waals surface area (Å²) in [5.74, 6) is 2.93. The van der Waals surface area contributed by atoms with Crippen LogP contribution in [0.2, 0.25) is 0 Å². The van der Waals surface area contributed by atoms with Gasteiger partial charge in [-0.15, -0.1) is 11.3 Å². The fourth-order valence-corrected chi connectivity index (χ4v) is 5.00. The molecule has 3 unspecified atom stereocenters. The number of nitrogens with two attached hydrogens (primary N) is 1. The molecule has 0 amide bonds. The van der Waals surface area contributed by atoms with Crippen LogP contribution in [0.1, 0.15) is 43.2 Å². The van der Waals surface area contributed by atoms with Crippen molar-refractivity contribution >= 4 is 16.5 Å². The van der Waals surface area contributed by atoms with Crippen molar-refractivity contribution in [1.82, 2.24) is 4.98 Å². The lowest BCUT2D eigenvalue weighted by molar-refractivity contribution is 0.337. The quantitative estimate of drug-likeness (QED) is 0.901. The molecule has 106 valence electrons. The normalized spacial score (nSPS) is 29.1. The molecule has 1 aromatic heterocycles. The smallest absolute Gasteiger partial charge is 0.185 e. The Hall–Kier alpha value is -0.610. The minimum Gasteiger partial charge on any atom is -0.351 e. The highest BCUT2D eigenvalue weighted by molar-refractivity contribution is 7.15. The molecule has 3 rings (SSSR count). The zero-order chi connectivity index (χ0) is 13.4. The van der Waals surface area contributed by atoms with E-state index < -0.39 is 0 Å². The molecule has 0 saturated heterocycles. The Morgan fingerprint density at radius 1 is 1.37 bits per heavy atom. The molecule has 1 aromatic rings. The second-order valence-electron chi connectivity index (χ2n) is 6.24. The van der Waals surface area contributed by atoms with Gasteiger partial charge in [-0.05, 0) is 43.4 Å². The van der Waals surface area contributed by atoms with Gasteiger partial charge in [-0.25, -0.2) is 4.98 Å². The topological polar surface area (TPSA) is 42.2 Å². The molecular formula is C15H25N3S. The van der Waals surface area contributed by atoms with Gasteiger partial charge in [-0.2, -0.15) is 0 Å². The Morgan fingerprint density at radius 3 is 2.74 bits per heavy atom. The van der Waals surface area contributed by atoms with Gasteiger partial charge < -0.3 is 10.6 Å². The Kier molecular flexibility index (Phi) is 3.81. The fourth-order valence-electron chi connectivity index (χ4n) is 4.00. The summed E-state index contributed by atoms with van der Waals surface area (Å²) in [7, 11) is 2.20. The monoisotopic (exact) mass is 279 g/mol. The fraction of sp³-hybridized carbons (Fsp3) is 0.800. The molecule has 2 aliphatic rings. The Morgan fingerprint density at radius 2 is 2.21 bits per heavy atom. The van der Waals surface area contributed by atoms with Crippen LogP contribution in [0.25, 0.3) is 0 Å². The third-order valence-corrected chi connectivity index (χ3v) is 6.24. The van der Waals surface area contributed by atoms with Gasteiger partial charge in [0.15, 0.2) is 5.13 Å². The Bertz CT molecular complexity index is 421. The maximum atomic E-state index is 5.80. The molecule has 0 radical (unpaired) electrons. The van der Waals surface area contributed by atoms with Crippen LogP contribution in [0.5, 0.6) is 0 Å². The number of aromatic nitrogens is 1. The first-order valence-electron chi connectivity index (χ1n) is 7.61. The van der Waals surface area contributed by atoms with Crippen molar-refractivity contribution in [1.29, 1.82) is 0 Å². The van der Waals surface area contributed by atoms with Crippen molar-refractivity contribution in [2.75, 3.05) is 18.5 Å². The van der Waals surface area contributed by atoms with Crippen LogP contribution < -0.4 is 10.6 Å². The van der Waals surface area contributed by atoms with Crippen molar-refractivity contribution in [2.45, 2.75) is 45.6 Å². The summed E-state index contributed by atoms with van der Waals surface area (Å²) in [6, 6.07) is 0. The summed E-state index contributed by atoms with van der Waals surface area (Å²) in [5, 5.41) is 1.17. The van der Waals surface area contributed by atoms with E-state index in [1.165, 1.54) is 47.9 Å². The van der Waals surface area contributed by atoms with E-state index in [2.05, 4.69) is 18.9 Å². The molecule has 2 bridgehead atoms. The van der Waals surface area contributed by atoms with E-state index in [4.69, 9.17) is 10.7 Å². The lowest BCUT2D eigenvalue weighted by atomic mass is 9.88. The zero-order valence-electron chi connectivity index (χ0n) is 12.1. The van der Waals surface area contributed by atoms with Gasteiger partial charge in [0.05, 0.1) is 5.69 Å². The maximum absolute atomic E-state index is 5.80. The van der Waals surface area contributed by atoms with Crippen LogP contribution in [0.3, 0.4) is 0 Å². The van der Waals surface area contributed by atoms with Crippen LogP contribution in [-0.2, 0) is 13.0 Å². The number of rotatable bonds is 5. The van der Waals surface area contributed by atoms with Crippen molar-refractivity contribution in [2.24, 2.45) is 23.5 Å². The second kappa shape index (κ2) is 5.41. The standard InChI is InChI=1S/C15H25N3S/c1-3-13-14(8-16)19-15(17-13)18(2)9-12-7-10-4-5-11(12)6-10/h10-12H,3-9,16H2,1-2H3. The molecule has 0 aromatic carbocycles. The van der Waals surface area contributed by atoms with Crippen molar-refractivity contribution in [3.63, 3.8) is 0 Å². The molecule has 0 aliphatic heterocycles. The molecular weight excluding hydrogens is 254 g/mol. The molecule has 2 aliphatic carbocycles. The van der Waals surface area contributed by atoms with Crippen molar-refractivity contribution in [3.8, 4) is 0 Å². The van der Waals surface area contributed by atoms with E-state index in [9.17, 15) is 0 Å². The molecule has 2 fully saturated rings. The van der Waals surface area contributed by atoms with E-state index in [0.29, 0.717) is 6.54 Å². The molecule has 2 N–H and O–H groups in total. The Balaban J connectivity index is 1.66. The van der Waals surface area contributed by atoms with Crippen LogP contribution in [0.4, 0.5) is 5.13 Å². The highest BCUT2D eigenvalue weighted by atomic mass is 32.1. The zero-order valence-corrected chi connectivity index (χ0v) is 12.9. The molecule has 2 saturated carbocycles. The van der Waals surface area contributed by atoms with Crippen LogP contribution in [0.15, 0.2) is 0 Å². The average Bonchev–Trinajstić information content (AvgIpc) is 3.12. The summed E-state index contributed by atoms with van der Waals surface area (Å²) < 4.78 is 0. The summed E-state index contributed by atoms with van der Waals surface area (Å²) >= 11 is 1.79. The molecule has 4 heteroatoms. The first-order valence-corrected chi connectivity index (χ1v) is 8.42. The van der Waals surface area contributed by atoms with E-state index in [1.54, 1.807) is 11.3 Å². The third-order valence-electron chi connectivity index (χ3n) is 5.01. The minimum absolute atomic E-state index is 0.628. The predicted octanol–water partition coefficient (Wildman–Crippen LogP) is 3.04. The maximum Gasteiger partial charge on any atom is 0.185 e. The summed E-state index contributed by atoms with van der Waals surface area (Å²) in [4.78, 5) is 8.40. The number of nitrogens with zero attached hydrogens (tertiary/aromatic N) is 2. The number of fused-ring (bicyclic) bond motifs is 2. The number of thiazole rings is 1. The van der Waals surface area contributed by atoms with Gasteiger partial charge >= 0.3 is 0 Å². The van der Waals surface area contributed by atoms with E-state index >= 15 is 0 Å². The minimum atomic E-state index is 0.628. The first kappa shape index (κ1) is 13.4. The van der Waals surface area contributed by atoms with Gasteiger partial charge in [0.25, 0.3) is 0 Å². The van der Waals surface area contributed by atoms with Gasteiger partial charge in [0.1, 0.15) is 0 Å². The lowest BCUT2D eigenvalue weighted by Crippen LogP contribution is -2.28. The van der Waals surface area contributed by atoms with Crippen LogP contribution in [0, 0.1) is 17.8 Å². The average molecular weight is 279 g/mol. The van der Waals surface area contributed by atoms with Crippen molar-refractivity contribution < 1.29 is 0 Å². The van der Waals surface area contributed by atoms with Crippen LogP contribution in [-0.4, -0.2) is 18.6 Å². The molecule has 3 nitrogen and oxygen atoms in total. The number of anilines is 1. The summed E-state index contributed by atoms with van der Waals surface area (Å²) in [6.07, 6.45) is 6.88. The SMILES string of the molecule is CCc1nc(N(C)CC2CC3CCC2C3)sc1CN. The van der Waals surface area contributed by atoms with Gasteiger partial charge in [0.2, 0.25) is 0 Å². The highest BCUT2D eigenvalue weighted by Gasteiger charge is 2.39. The van der Waals surface area contributed by atoms with E-state index in [-0.39, 0.29) is 0 Å². The second-order valence-corrected chi connectivity index (χ2v) is 7.30. The summed E-state index contributed by atoms with van der Waals surface area (Å²) in [6.45, 7) is 3.97. The van der Waals surface area contributed by atoms with Gasteiger partial charge in [-0.3, -0.25) is 0 Å². The molecule has 19 heavy (non-hydrogen) atoms. The molecule has 0 spiro atoms. The lowest BCUT2D eigenvalue weighted by Gasteiger charge is -2.26. The largest absolute Gasteiger partial charge is 0.351 e. The van der Waals surface area contributed by atoms with E-state index in [0.717, 1.165) is 24.2 Å². The number of hydrogen-bond donors (Lipinski definition) is 1. The van der Waals surface area contributed by atoms with E-state index in [1.807, 2.05) is 0 Å². The first-order chi connectivity index (χ1) is 9.21. The summed E-state index contributed by atoms with van der Waals surface area (Å²) in [5.41, 5.74) is 7.00. The third kappa shape index (κ3) is 2.52. The number of aryl methyl sites for hydroxylation is 1. The number of hydrogen-bond acceptors (Lipinski definition) is 4. The molecule has 3 atom stereocenters. The molecule has 1 heterocycles. The van der Waals surface area contributed by atoms with Gasteiger partial charge in [-0.1, -0.05) is 13.3 Å². The van der Waals surface area contributed by atoms with Gasteiger partial charge in [0, 0.05) is 25.0 Å². The predicted molar refractivity (Wildman–Crippen MR) is 81.6 cm³/mol. The van der Waals surface area contributed by atoms with Crippen molar-refractivity contribution in [3.05, 3.63) is 10.6 Å². The highest BCUT2D eigenvalue weighted by Crippen LogP contribution is 2.48. The Labute approximate surface area is 120 Å².